The fourth-order valence-corrected chi connectivity index (χ4v) is 4.66. The van der Waals surface area contributed by atoms with E-state index in [0.717, 1.165) is 39.3 Å². The van der Waals surface area contributed by atoms with Gasteiger partial charge in [0.15, 0.2) is 5.78 Å². The van der Waals surface area contributed by atoms with Gasteiger partial charge < -0.3 is 10.2 Å². The lowest BCUT2D eigenvalue weighted by molar-refractivity contribution is -0.384. The van der Waals surface area contributed by atoms with Gasteiger partial charge in [-0.2, -0.15) is 0 Å². The molecule has 3 rings (SSSR count). The molecule has 0 atom stereocenters. The maximum Gasteiger partial charge on any atom is 0.270 e. The summed E-state index contributed by atoms with van der Waals surface area (Å²) >= 11 is 0. The molecular weight excluding hydrogens is 356 g/mol. The molecule has 0 bridgehead atoms. The molecule has 0 amide bonds. The first-order chi connectivity index (χ1) is 13.5. The monoisotopic (exact) mass is 388 g/mol. The van der Waals surface area contributed by atoms with Gasteiger partial charge in [-0.3, -0.25) is 19.8 Å². The van der Waals surface area contributed by atoms with Crippen LogP contribution in [0.25, 0.3) is 0 Å². The van der Waals surface area contributed by atoms with Gasteiger partial charge in [0.1, 0.15) is 0 Å². The van der Waals surface area contributed by atoms with Crippen LogP contribution in [-0.2, 0) is 0 Å². The molecule has 1 N–H and O–H groups in total. The zero-order valence-electron chi connectivity index (χ0n) is 16.9. The Morgan fingerprint density at radius 2 is 1.89 bits per heavy atom. The quantitative estimate of drug-likeness (QED) is 0.419. The summed E-state index contributed by atoms with van der Waals surface area (Å²) in [6, 6.07) is 6.00. The van der Waals surface area contributed by atoms with E-state index in [1.807, 2.05) is 0 Å². The summed E-state index contributed by atoms with van der Waals surface area (Å²) in [4.78, 5) is 28.1. The molecule has 0 spiro atoms. The van der Waals surface area contributed by atoms with Gasteiger partial charge in [0.25, 0.3) is 5.69 Å². The third-order valence-electron chi connectivity index (χ3n) is 6.39. The summed E-state index contributed by atoms with van der Waals surface area (Å²) in [7, 11) is 0. The van der Waals surface area contributed by atoms with Crippen molar-refractivity contribution in [3.8, 4) is 0 Å². The van der Waals surface area contributed by atoms with Crippen LogP contribution in [0, 0.1) is 10.1 Å². The number of ketones is 1. The molecule has 0 radical (unpaired) electrons. The summed E-state index contributed by atoms with van der Waals surface area (Å²) in [6.07, 6.45) is 6.14. The van der Waals surface area contributed by atoms with Gasteiger partial charge in [-0.05, 0) is 19.4 Å². The van der Waals surface area contributed by atoms with Crippen LogP contribution in [0.2, 0.25) is 0 Å². The minimum absolute atomic E-state index is 0.0385. The van der Waals surface area contributed by atoms with Crippen LogP contribution in [0.4, 0.5) is 5.69 Å². The number of piperazine rings is 1. The number of carbonyl (C=O) groups excluding carboxylic acids is 1. The van der Waals surface area contributed by atoms with E-state index in [1.165, 1.54) is 44.2 Å². The smallest absolute Gasteiger partial charge is 0.270 e. The molecule has 0 aromatic heterocycles. The fourth-order valence-electron chi connectivity index (χ4n) is 4.66. The topological polar surface area (TPSA) is 78.7 Å². The van der Waals surface area contributed by atoms with Gasteiger partial charge in [-0.15, -0.1) is 0 Å². The van der Waals surface area contributed by atoms with Crippen molar-refractivity contribution in [2.75, 3.05) is 45.8 Å². The van der Waals surface area contributed by atoms with Gasteiger partial charge >= 0.3 is 0 Å². The molecule has 154 valence electrons. The Labute approximate surface area is 167 Å². The fraction of sp³-hybridized carbons (Fsp3) is 0.667. The zero-order valence-corrected chi connectivity index (χ0v) is 16.9. The predicted molar refractivity (Wildman–Crippen MR) is 110 cm³/mol. The van der Waals surface area contributed by atoms with Crippen molar-refractivity contribution in [1.29, 1.82) is 0 Å². The molecule has 7 heteroatoms. The third kappa shape index (κ3) is 4.96. The Morgan fingerprint density at radius 1 is 1.18 bits per heavy atom. The highest BCUT2D eigenvalue weighted by Crippen LogP contribution is 2.34. The number of hydrogen-bond donors (Lipinski definition) is 1. The number of rotatable bonds is 8. The van der Waals surface area contributed by atoms with Crippen molar-refractivity contribution in [1.82, 2.24) is 15.1 Å². The van der Waals surface area contributed by atoms with Crippen molar-refractivity contribution in [3.05, 3.63) is 39.9 Å². The Morgan fingerprint density at radius 3 is 2.54 bits per heavy atom. The minimum atomic E-state index is -0.461. The van der Waals surface area contributed by atoms with Crippen LogP contribution in [0.1, 0.15) is 49.4 Å². The Balaban J connectivity index is 1.59. The Bertz CT molecular complexity index is 680. The van der Waals surface area contributed by atoms with Gasteiger partial charge in [0.05, 0.1) is 11.5 Å². The summed E-state index contributed by atoms with van der Waals surface area (Å²) < 4.78 is 0. The lowest BCUT2D eigenvalue weighted by Crippen LogP contribution is -2.61. The second kappa shape index (κ2) is 9.58. The van der Waals surface area contributed by atoms with Crippen LogP contribution >= 0.6 is 0 Å². The van der Waals surface area contributed by atoms with Crippen molar-refractivity contribution in [2.24, 2.45) is 0 Å². The number of likely N-dealkylation sites (N-methyl/N-ethyl adjacent to an activating group) is 1. The third-order valence-corrected chi connectivity index (χ3v) is 6.39. The van der Waals surface area contributed by atoms with Crippen LogP contribution in [-0.4, -0.2) is 71.9 Å². The number of benzene rings is 1. The number of nitrogens with one attached hydrogen (secondary N) is 1. The van der Waals surface area contributed by atoms with Crippen molar-refractivity contribution >= 4 is 11.5 Å². The molecule has 2 aliphatic rings. The molecule has 0 unspecified atom stereocenters. The van der Waals surface area contributed by atoms with E-state index in [2.05, 4.69) is 22.0 Å². The summed E-state index contributed by atoms with van der Waals surface area (Å²) in [5.41, 5.74) is 0.500. The number of nitrogens with zero attached hydrogens (tertiary/aromatic N) is 3. The minimum Gasteiger partial charge on any atom is -0.308 e. The Hall–Kier alpha value is -1.83. The summed E-state index contributed by atoms with van der Waals surface area (Å²) in [5.74, 6) is -0.0922. The molecule has 2 fully saturated rings. The van der Waals surface area contributed by atoms with E-state index >= 15 is 0 Å². The lowest BCUT2D eigenvalue weighted by Gasteiger charge is -2.50. The molecule has 28 heavy (non-hydrogen) atoms. The lowest BCUT2D eigenvalue weighted by atomic mass is 9.79. The second-order valence-corrected chi connectivity index (χ2v) is 8.04. The number of nitro benzene ring substituents is 1. The van der Waals surface area contributed by atoms with Gasteiger partial charge in [0.2, 0.25) is 0 Å². The molecule has 1 aromatic carbocycles. The normalized spacial score (nSPS) is 20.8. The van der Waals surface area contributed by atoms with Gasteiger partial charge in [0, 0.05) is 56.0 Å². The predicted octanol–water partition coefficient (Wildman–Crippen LogP) is 2.71. The van der Waals surface area contributed by atoms with E-state index in [0.29, 0.717) is 5.56 Å². The van der Waals surface area contributed by atoms with Crippen molar-refractivity contribution in [2.45, 2.75) is 44.6 Å². The maximum atomic E-state index is 12.5. The van der Waals surface area contributed by atoms with E-state index < -0.39 is 4.92 Å². The van der Waals surface area contributed by atoms with Crippen LogP contribution < -0.4 is 5.32 Å². The largest absolute Gasteiger partial charge is 0.308 e. The Kier molecular flexibility index (Phi) is 7.15. The molecule has 1 aromatic rings. The van der Waals surface area contributed by atoms with E-state index in [1.54, 1.807) is 12.1 Å². The average molecular weight is 389 g/mol. The summed E-state index contributed by atoms with van der Waals surface area (Å²) in [5, 5.41) is 14.3. The highest BCUT2D eigenvalue weighted by Gasteiger charge is 2.38. The highest BCUT2D eigenvalue weighted by atomic mass is 16.6. The van der Waals surface area contributed by atoms with E-state index in [4.69, 9.17) is 0 Å². The number of non-ortho nitro benzene ring substituents is 1. The maximum absolute atomic E-state index is 12.5. The number of carbonyl (C=O) groups is 1. The van der Waals surface area contributed by atoms with Crippen LogP contribution in [0.15, 0.2) is 24.3 Å². The average Bonchev–Trinajstić information content (AvgIpc) is 2.74. The highest BCUT2D eigenvalue weighted by molar-refractivity contribution is 5.98. The molecular formula is C21H32N4O3. The standard InChI is InChI=1S/C21H32N4O3/c1-2-23-11-13-24(14-12-23)21(9-4-3-5-10-21)17-22-16-20(26)18-7-6-8-19(15-18)25(27)28/h6-8,15,22H,2-5,9-14,16-17H2,1H3. The first-order valence-electron chi connectivity index (χ1n) is 10.5. The number of Topliss-reactive ketones (excluding diaryl/α,β-unsaturated/α-hetero) is 1. The SMILES string of the molecule is CCN1CCN(C2(CNCC(=O)c3cccc([N+](=O)[O-])c3)CCCCC2)CC1. The zero-order chi connectivity index (χ0) is 20.0. The first kappa shape index (κ1) is 20.9. The first-order valence-corrected chi connectivity index (χ1v) is 10.5. The molecule has 1 aliphatic carbocycles. The van der Waals surface area contributed by atoms with Crippen molar-refractivity contribution < 1.29 is 9.72 Å². The molecule has 1 aliphatic heterocycles. The molecule has 1 saturated heterocycles. The van der Waals surface area contributed by atoms with Gasteiger partial charge in [-0.1, -0.05) is 38.3 Å². The second-order valence-electron chi connectivity index (χ2n) is 8.04. The van der Waals surface area contributed by atoms with Gasteiger partial charge in [-0.25, -0.2) is 0 Å². The molecule has 1 saturated carbocycles. The summed E-state index contributed by atoms with van der Waals surface area (Å²) in [6.45, 7) is 8.76. The number of nitro groups is 1. The van der Waals surface area contributed by atoms with E-state index in [-0.39, 0.29) is 23.6 Å². The van der Waals surface area contributed by atoms with Crippen molar-refractivity contribution in [3.63, 3.8) is 0 Å². The van der Waals surface area contributed by atoms with Crippen LogP contribution in [0.5, 0.6) is 0 Å². The van der Waals surface area contributed by atoms with E-state index in [9.17, 15) is 14.9 Å². The molecule has 7 nitrogen and oxygen atoms in total. The number of hydrogen-bond acceptors (Lipinski definition) is 6. The molecule has 1 heterocycles. The van der Waals surface area contributed by atoms with Crippen LogP contribution in [0.3, 0.4) is 0 Å².